The van der Waals surface area contributed by atoms with Crippen LogP contribution in [0, 0.1) is 12.7 Å². The minimum absolute atomic E-state index is 0. The lowest BCUT2D eigenvalue weighted by Crippen LogP contribution is -2.41. The van der Waals surface area contributed by atoms with Crippen LogP contribution in [0.15, 0.2) is 47.5 Å². The quantitative estimate of drug-likeness (QED) is 0.244. The van der Waals surface area contributed by atoms with Gasteiger partial charge >= 0.3 is 0 Å². The van der Waals surface area contributed by atoms with Crippen LogP contribution in [0.4, 0.5) is 4.39 Å². The van der Waals surface area contributed by atoms with Crippen LogP contribution in [0.2, 0.25) is 5.02 Å². The van der Waals surface area contributed by atoms with Crippen LogP contribution < -0.4 is 16.0 Å². The molecule has 0 aliphatic carbocycles. The van der Waals surface area contributed by atoms with Gasteiger partial charge in [0.2, 0.25) is 0 Å². The second-order valence-corrected chi connectivity index (χ2v) is 6.08. The minimum atomic E-state index is -0.220. The number of hydrogen-bond donors (Lipinski definition) is 3. The summed E-state index contributed by atoms with van der Waals surface area (Å²) in [6.07, 6.45) is 0. The zero-order chi connectivity index (χ0) is 18.9. The topological polar surface area (TPSA) is 65.5 Å². The molecular formula is C19H23ClFIN4O. The molecule has 0 aromatic heterocycles. The van der Waals surface area contributed by atoms with E-state index in [1.807, 2.05) is 0 Å². The van der Waals surface area contributed by atoms with Crippen molar-refractivity contribution in [3.05, 3.63) is 70.0 Å². The van der Waals surface area contributed by atoms with Crippen molar-refractivity contribution in [2.45, 2.75) is 13.5 Å². The molecule has 8 heteroatoms. The first-order valence-corrected chi connectivity index (χ1v) is 8.61. The molecule has 1 amide bonds. The minimum Gasteiger partial charge on any atom is -0.355 e. The second kappa shape index (κ2) is 11.8. The van der Waals surface area contributed by atoms with Gasteiger partial charge in [-0.3, -0.25) is 9.79 Å². The fourth-order valence-electron chi connectivity index (χ4n) is 2.32. The Labute approximate surface area is 180 Å². The number of rotatable bonds is 6. The monoisotopic (exact) mass is 504 g/mol. The Bertz CT molecular complexity index is 801. The lowest BCUT2D eigenvalue weighted by molar-refractivity contribution is 0.0954. The summed E-state index contributed by atoms with van der Waals surface area (Å²) in [7, 11) is 1.66. The molecule has 2 aromatic rings. The van der Waals surface area contributed by atoms with Crippen LogP contribution in [0.25, 0.3) is 0 Å². The predicted molar refractivity (Wildman–Crippen MR) is 119 cm³/mol. The van der Waals surface area contributed by atoms with Gasteiger partial charge in [0, 0.05) is 26.7 Å². The lowest BCUT2D eigenvalue weighted by atomic mass is 10.1. The molecule has 0 spiro atoms. The molecule has 0 aliphatic rings. The van der Waals surface area contributed by atoms with Crippen molar-refractivity contribution in [3.63, 3.8) is 0 Å². The Morgan fingerprint density at radius 3 is 2.48 bits per heavy atom. The molecule has 0 atom stereocenters. The molecule has 3 N–H and O–H groups in total. The second-order valence-electron chi connectivity index (χ2n) is 5.67. The van der Waals surface area contributed by atoms with Gasteiger partial charge in [-0.2, -0.15) is 0 Å². The first-order chi connectivity index (χ1) is 12.5. The van der Waals surface area contributed by atoms with Gasteiger partial charge in [-0.05, 0) is 36.2 Å². The Morgan fingerprint density at radius 1 is 1.11 bits per heavy atom. The van der Waals surface area contributed by atoms with E-state index >= 15 is 0 Å². The maximum Gasteiger partial charge on any atom is 0.252 e. The first kappa shape index (κ1) is 23.2. The number of halogens is 3. The summed E-state index contributed by atoms with van der Waals surface area (Å²) in [5, 5.41) is 9.47. The number of hydrogen-bond acceptors (Lipinski definition) is 2. The van der Waals surface area contributed by atoms with E-state index in [-0.39, 0.29) is 35.7 Å². The number of nitrogens with one attached hydrogen (secondary N) is 3. The van der Waals surface area contributed by atoms with Crippen molar-refractivity contribution in [2.75, 3.05) is 20.1 Å². The Morgan fingerprint density at radius 2 is 1.81 bits per heavy atom. The Hall–Kier alpha value is -1.87. The number of amides is 1. The van der Waals surface area contributed by atoms with E-state index in [2.05, 4.69) is 20.9 Å². The van der Waals surface area contributed by atoms with Gasteiger partial charge in [0.1, 0.15) is 5.82 Å². The van der Waals surface area contributed by atoms with Gasteiger partial charge in [-0.1, -0.05) is 35.9 Å². The first-order valence-electron chi connectivity index (χ1n) is 8.23. The average Bonchev–Trinajstić information content (AvgIpc) is 2.64. The standard InChI is InChI=1S/C19H22ClFN4O.HI/c1-13-11-14(7-8-17(13)21)12-25-19(22-2)24-10-9-23-18(26)15-5-3-4-6-16(15)20;/h3-8,11H,9-10,12H2,1-2H3,(H,23,26)(H2,22,24,25);1H. The smallest absolute Gasteiger partial charge is 0.252 e. The number of aryl methyl sites for hydroxylation is 1. The highest BCUT2D eigenvalue weighted by Gasteiger charge is 2.08. The third kappa shape index (κ3) is 7.34. The molecule has 0 radical (unpaired) electrons. The molecule has 0 saturated carbocycles. The molecule has 2 rings (SSSR count). The van der Waals surface area contributed by atoms with Gasteiger partial charge in [0.05, 0.1) is 10.6 Å². The Kier molecular flexibility index (Phi) is 10.1. The summed E-state index contributed by atoms with van der Waals surface area (Å²) in [6, 6.07) is 11.9. The number of benzene rings is 2. The molecular weight excluding hydrogens is 482 g/mol. The highest BCUT2D eigenvalue weighted by molar-refractivity contribution is 14.0. The molecule has 0 bridgehead atoms. The number of nitrogens with zero attached hydrogens (tertiary/aromatic N) is 1. The number of aliphatic imine (C=N–C) groups is 1. The van der Waals surface area contributed by atoms with E-state index in [4.69, 9.17) is 11.6 Å². The molecule has 0 fully saturated rings. The lowest BCUT2D eigenvalue weighted by Gasteiger charge is -2.13. The zero-order valence-electron chi connectivity index (χ0n) is 15.2. The molecule has 0 unspecified atom stereocenters. The van der Waals surface area contributed by atoms with Crippen LogP contribution >= 0.6 is 35.6 Å². The van der Waals surface area contributed by atoms with Crippen molar-refractivity contribution < 1.29 is 9.18 Å². The maximum atomic E-state index is 13.3. The third-order valence-corrected chi connectivity index (χ3v) is 4.06. The van der Waals surface area contributed by atoms with Crippen LogP contribution in [0.3, 0.4) is 0 Å². The van der Waals surface area contributed by atoms with Gasteiger partial charge in [0.25, 0.3) is 5.91 Å². The summed E-state index contributed by atoms with van der Waals surface area (Å²) in [4.78, 5) is 16.2. The molecule has 5 nitrogen and oxygen atoms in total. The summed E-state index contributed by atoms with van der Waals surface area (Å²) in [6.45, 7) is 3.17. The normalized spacial score (nSPS) is 10.7. The van der Waals surface area contributed by atoms with Gasteiger partial charge in [-0.25, -0.2) is 4.39 Å². The largest absolute Gasteiger partial charge is 0.355 e. The number of guanidine groups is 1. The van der Waals surface area contributed by atoms with Crippen molar-refractivity contribution >= 4 is 47.4 Å². The van der Waals surface area contributed by atoms with E-state index in [0.717, 1.165) is 5.56 Å². The number of carbonyl (C=O) groups is 1. The summed E-state index contributed by atoms with van der Waals surface area (Å²) in [5.74, 6) is 0.159. The van der Waals surface area contributed by atoms with Gasteiger partial charge in [0.15, 0.2) is 5.96 Å². The summed E-state index contributed by atoms with van der Waals surface area (Å²) in [5.41, 5.74) is 2.01. The van der Waals surface area contributed by atoms with Crippen molar-refractivity contribution in [1.29, 1.82) is 0 Å². The van der Waals surface area contributed by atoms with E-state index < -0.39 is 0 Å². The maximum absolute atomic E-state index is 13.3. The van der Waals surface area contributed by atoms with E-state index in [9.17, 15) is 9.18 Å². The van der Waals surface area contributed by atoms with Crippen LogP contribution in [-0.2, 0) is 6.54 Å². The van der Waals surface area contributed by atoms with Gasteiger partial charge in [-0.15, -0.1) is 24.0 Å². The predicted octanol–water partition coefficient (Wildman–Crippen LogP) is 3.50. The third-order valence-electron chi connectivity index (χ3n) is 3.73. The van der Waals surface area contributed by atoms with Crippen molar-refractivity contribution in [2.24, 2.45) is 4.99 Å². The molecule has 2 aromatic carbocycles. The Balaban J connectivity index is 0.00000364. The molecule has 146 valence electrons. The fraction of sp³-hybridized carbons (Fsp3) is 0.263. The van der Waals surface area contributed by atoms with Crippen LogP contribution in [0.5, 0.6) is 0 Å². The van der Waals surface area contributed by atoms with E-state index in [0.29, 0.717) is 41.7 Å². The SMILES string of the molecule is CN=C(NCCNC(=O)c1ccccc1Cl)NCc1ccc(F)c(C)c1.I. The van der Waals surface area contributed by atoms with Crippen molar-refractivity contribution in [1.82, 2.24) is 16.0 Å². The molecule has 0 aliphatic heterocycles. The summed E-state index contributed by atoms with van der Waals surface area (Å²) >= 11 is 6.00. The molecule has 0 heterocycles. The van der Waals surface area contributed by atoms with Crippen LogP contribution in [-0.4, -0.2) is 32.0 Å². The summed E-state index contributed by atoms with van der Waals surface area (Å²) < 4.78 is 13.3. The highest BCUT2D eigenvalue weighted by Crippen LogP contribution is 2.14. The molecule has 0 saturated heterocycles. The van der Waals surface area contributed by atoms with E-state index in [1.165, 1.54) is 6.07 Å². The van der Waals surface area contributed by atoms with Crippen LogP contribution in [0.1, 0.15) is 21.5 Å². The fourth-order valence-corrected chi connectivity index (χ4v) is 2.54. The van der Waals surface area contributed by atoms with E-state index in [1.54, 1.807) is 50.4 Å². The van der Waals surface area contributed by atoms with Gasteiger partial charge < -0.3 is 16.0 Å². The molecule has 27 heavy (non-hydrogen) atoms. The highest BCUT2D eigenvalue weighted by atomic mass is 127. The van der Waals surface area contributed by atoms with Crippen molar-refractivity contribution in [3.8, 4) is 0 Å². The number of carbonyl (C=O) groups excluding carboxylic acids is 1. The zero-order valence-corrected chi connectivity index (χ0v) is 18.3. The average molecular weight is 505 g/mol.